The SMILES string of the molecule is CN1NOC(=O)/C1=C\C(=NC(=O)c1ccccc1)C(=O)NCc1ccco1. The van der Waals surface area contributed by atoms with Gasteiger partial charge in [-0.3, -0.25) is 14.6 Å². The number of hydrogen-bond acceptors (Lipinski definition) is 7. The first-order valence-corrected chi connectivity index (χ1v) is 7.95. The van der Waals surface area contributed by atoms with Gasteiger partial charge in [0.15, 0.2) is 0 Å². The number of nitrogens with one attached hydrogen (secondary N) is 2. The van der Waals surface area contributed by atoms with Gasteiger partial charge in [-0.15, -0.1) is 0 Å². The number of carbonyl (C=O) groups is 3. The van der Waals surface area contributed by atoms with Crippen LogP contribution in [0.4, 0.5) is 0 Å². The van der Waals surface area contributed by atoms with E-state index >= 15 is 0 Å². The molecular formula is C18H16N4O5. The lowest BCUT2D eigenvalue weighted by atomic mass is 10.2. The Kier molecular flexibility index (Phi) is 5.43. The van der Waals surface area contributed by atoms with E-state index in [9.17, 15) is 14.4 Å². The van der Waals surface area contributed by atoms with E-state index in [1.54, 1.807) is 42.5 Å². The van der Waals surface area contributed by atoms with Gasteiger partial charge in [-0.05, 0) is 24.3 Å². The zero-order valence-corrected chi connectivity index (χ0v) is 14.3. The molecule has 0 radical (unpaired) electrons. The first kappa shape index (κ1) is 18.1. The molecule has 138 valence electrons. The zero-order valence-electron chi connectivity index (χ0n) is 14.3. The number of furan rings is 1. The minimum atomic E-state index is -0.698. The molecule has 27 heavy (non-hydrogen) atoms. The number of benzene rings is 1. The molecule has 0 spiro atoms. The number of carbonyl (C=O) groups excluding carboxylic acids is 3. The Bertz CT molecular complexity index is 903. The van der Waals surface area contributed by atoms with Crippen LogP contribution in [0, 0.1) is 0 Å². The molecule has 2 amide bonds. The number of hydrogen-bond donors (Lipinski definition) is 2. The standard InChI is InChI=1S/C18H16N4O5/c1-22-15(18(25)27-21-22)10-14(17(24)19-11-13-8-5-9-26-13)20-16(23)12-6-3-2-4-7-12/h2-10,21H,11H2,1H3,(H,19,24)/b15-10+,20-14?. The molecule has 9 heteroatoms. The molecule has 0 atom stereocenters. The van der Waals surface area contributed by atoms with Gasteiger partial charge in [0, 0.05) is 18.7 Å². The average Bonchev–Trinajstić information content (AvgIpc) is 3.31. The van der Waals surface area contributed by atoms with E-state index in [0.29, 0.717) is 11.3 Å². The number of likely N-dealkylation sites (N-methyl/N-ethyl adjacent to an activating group) is 1. The maximum Gasteiger partial charge on any atom is 0.376 e. The normalized spacial score (nSPS) is 15.7. The third-order valence-electron chi connectivity index (χ3n) is 3.60. The van der Waals surface area contributed by atoms with E-state index in [1.807, 2.05) is 0 Å². The highest BCUT2D eigenvalue weighted by atomic mass is 16.7. The fraction of sp³-hybridized carbons (Fsp3) is 0.111. The fourth-order valence-electron chi connectivity index (χ4n) is 2.21. The zero-order chi connectivity index (χ0) is 19.2. The Hall–Kier alpha value is -3.72. The number of hydrazine groups is 1. The third kappa shape index (κ3) is 4.47. The van der Waals surface area contributed by atoms with Crippen molar-refractivity contribution < 1.29 is 23.6 Å². The summed E-state index contributed by atoms with van der Waals surface area (Å²) in [7, 11) is 1.52. The summed E-state index contributed by atoms with van der Waals surface area (Å²) >= 11 is 0. The van der Waals surface area contributed by atoms with Gasteiger partial charge in [0.05, 0.1) is 12.8 Å². The Morgan fingerprint density at radius 1 is 1.22 bits per heavy atom. The lowest BCUT2D eigenvalue weighted by Gasteiger charge is -2.08. The lowest BCUT2D eigenvalue weighted by Crippen LogP contribution is -2.31. The molecule has 1 aromatic heterocycles. The molecule has 2 aromatic rings. The summed E-state index contributed by atoms with van der Waals surface area (Å²) < 4.78 is 5.15. The highest BCUT2D eigenvalue weighted by Gasteiger charge is 2.26. The molecule has 1 aliphatic heterocycles. The van der Waals surface area contributed by atoms with E-state index in [4.69, 9.17) is 4.42 Å². The minimum absolute atomic E-state index is 0.0303. The smallest absolute Gasteiger partial charge is 0.376 e. The molecule has 0 aliphatic carbocycles. The molecule has 9 nitrogen and oxygen atoms in total. The Balaban J connectivity index is 1.87. The quantitative estimate of drug-likeness (QED) is 0.597. The molecule has 0 bridgehead atoms. The summed E-state index contributed by atoms with van der Waals surface area (Å²) in [5, 5.41) is 3.86. The molecule has 1 fully saturated rings. The van der Waals surface area contributed by atoms with Crippen molar-refractivity contribution in [2.45, 2.75) is 6.54 Å². The second kappa shape index (κ2) is 8.11. The van der Waals surface area contributed by atoms with Crippen LogP contribution in [-0.2, 0) is 21.0 Å². The maximum absolute atomic E-state index is 12.5. The number of amides is 2. The van der Waals surface area contributed by atoms with Gasteiger partial charge in [-0.1, -0.05) is 23.8 Å². The Labute approximate surface area is 154 Å². The van der Waals surface area contributed by atoms with Gasteiger partial charge in [-0.25, -0.2) is 9.79 Å². The number of nitrogens with zero attached hydrogens (tertiary/aromatic N) is 2. The third-order valence-corrected chi connectivity index (χ3v) is 3.60. The monoisotopic (exact) mass is 368 g/mol. The number of rotatable bonds is 5. The summed E-state index contributed by atoms with van der Waals surface area (Å²) in [5.41, 5.74) is 2.44. The van der Waals surface area contributed by atoms with Crippen molar-refractivity contribution in [3.05, 3.63) is 71.8 Å². The Morgan fingerprint density at radius 3 is 2.63 bits per heavy atom. The van der Waals surface area contributed by atoms with Crippen LogP contribution in [-0.4, -0.2) is 35.6 Å². The van der Waals surface area contributed by atoms with Crippen molar-refractivity contribution in [2.75, 3.05) is 7.05 Å². The van der Waals surface area contributed by atoms with E-state index in [1.165, 1.54) is 24.4 Å². The molecule has 2 heterocycles. The summed E-state index contributed by atoms with van der Waals surface area (Å²) in [4.78, 5) is 45.2. The van der Waals surface area contributed by atoms with E-state index in [-0.39, 0.29) is 18.0 Å². The van der Waals surface area contributed by atoms with E-state index in [2.05, 4.69) is 20.7 Å². The summed E-state index contributed by atoms with van der Waals surface area (Å²) in [5.74, 6) is -1.42. The second-order valence-corrected chi connectivity index (χ2v) is 5.50. The van der Waals surface area contributed by atoms with Crippen molar-refractivity contribution in [3.63, 3.8) is 0 Å². The van der Waals surface area contributed by atoms with Gasteiger partial charge >= 0.3 is 5.97 Å². The second-order valence-electron chi connectivity index (χ2n) is 5.50. The molecule has 1 saturated heterocycles. The van der Waals surface area contributed by atoms with Crippen LogP contribution in [0.15, 0.2) is 69.9 Å². The molecule has 0 saturated carbocycles. The van der Waals surface area contributed by atoms with Crippen molar-refractivity contribution >= 4 is 23.5 Å². The van der Waals surface area contributed by atoms with Gasteiger partial charge in [0.1, 0.15) is 17.2 Å². The van der Waals surface area contributed by atoms with Crippen LogP contribution >= 0.6 is 0 Å². The molecule has 1 aliphatic rings. The highest BCUT2D eigenvalue weighted by Crippen LogP contribution is 2.10. The molecule has 3 rings (SSSR count). The van der Waals surface area contributed by atoms with Crippen LogP contribution in [0.2, 0.25) is 0 Å². The summed E-state index contributed by atoms with van der Waals surface area (Å²) in [6.07, 6.45) is 2.66. The summed E-state index contributed by atoms with van der Waals surface area (Å²) in [6.45, 7) is 0.103. The van der Waals surface area contributed by atoms with Crippen molar-refractivity contribution in [2.24, 2.45) is 4.99 Å². The first-order valence-electron chi connectivity index (χ1n) is 7.95. The van der Waals surface area contributed by atoms with Crippen molar-refractivity contribution in [1.82, 2.24) is 15.9 Å². The maximum atomic E-state index is 12.5. The van der Waals surface area contributed by atoms with E-state index < -0.39 is 17.8 Å². The van der Waals surface area contributed by atoms with Gasteiger partial charge in [0.25, 0.3) is 11.8 Å². The van der Waals surface area contributed by atoms with Crippen LogP contribution < -0.4 is 10.9 Å². The van der Waals surface area contributed by atoms with Gasteiger partial charge in [-0.2, -0.15) is 0 Å². The lowest BCUT2D eigenvalue weighted by molar-refractivity contribution is -0.142. The molecular weight excluding hydrogens is 352 g/mol. The summed E-state index contributed by atoms with van der Waals surface area (Å²) in [6, 6.07) is 11.7. The Morgan fingerprint density at radius 2 is 2.00 bits per heavy atom. The van der Waals surface area contributed by atoms with Gasteiger partial charge in [0.2, 0.25) is 0 Å². The molecule has 1 aromatic carbocycles. The predicted octanol–water partition coefficient (Wildman–Crippen LogP) is 0.969. The minimum Gasteiger partial charge on any atom is -0.467 e. The fourth-order valence-corrected chi connectivity index (χ4v) is 2.21. The van der Waals surface area contributed by atoms with Crippen LogP contribution in [0.1, 0.15) is 16.1 Å². The van der Waals surface area contributed by atoms with Crippen molar-refractivity contribution in [3.8, 4) is 0 Å². The van der Waals surface area contributed by atoms with Crippen LogP contribution in [0.5, 0.6) is 0 Å². The topological polar surface area (TPSA) is 113 Å². The molecule has 0 unspecified atom stereocenters. The van der Waals surface area contributed by atoms with Crippen LogP contribution in [0.25, 0.3) is 0 Å². The number of aliphatic imine (C=N–C) groups is 1. The first-order chi connectivity index (χ1) is 13.0. The highest BCUT2D eigenvalue weighted by molar-refractivity contribution is 6.45. The van der Waals surface area contributed by atoms with Crippen molar-refractivity contribution in [1.29, 1.82) is 0 Å². The van der Waals surface area contributed by atoms with Crippen LogP contribution in [0.3, 0.4) is 0 Å². The van der Waals surface area contributed by atoms with Gasteiger partial charge < -0.3 is 14.6 Å². The van der Waals surface area contributed by atoms with E-state index in [0.717, 1.165) is 0 Å². The predicted molar refractivity (Wildman–Crippen MR) is 93.8 cm³/mol. The average molecular weight is 368 g/mol. The molecule has 2 N–H and O–H groups in total. The largest absolute Gasteiger partial charge is 0.467 e.